The Balaban J connectivity index is 2.13. The van der Waals surface area contributed by atoms with Crippen molar-refractivity contribution in [2.75, 3.05) is 20.8 Å². The highest BCUT2D eigenvalue weighted by Gasteiger charge is 2.47. The first-order valence-corrected chi connectivity index (χ1v) is 8.13. The smallest absolute Gasteiger partial charge is 0.305 e. The Morgan fingerprint density at radius 3 is 2.54 bits per heavy atom. The van der Waals surface area contributed by atoms with E-state index in [-0.39, 0.29) is 36.8 Å². The molecule has 1 aliphatic rings. The first-order valence-electron chi connectivity index (χ1n) is 8.13. The predicted molar refractivity (Wildman–Crippen MR) is 89.5 cm³/mol. The van der Waals surface area contributed by atoms with Gasteiger partial charge in [0, 0.05) is 30.0 Å². The van der Waals surface area contributed by atoms with Crippen LogP contribution in [0.15, 0.2) is 18.2 Å². The zero-order valence-corrected chi connectivity index (χ0v) is 14.6. The Labute approximate surface area is 142 Å². The maximum Gasteiger partial charge on any atom is 0.305 e. The van der Waals surface area contributed by atoms with Gasteiger partial charge in [0.05, 0.1) is 20.6 Å². The van der Waals surface area contributed by atoms with E-state index in [1.807, 2.05) is 32.0 Å². The Hall–Kier alpha value is -2.24. The molecule has 6 heteroatoms. The molecule has 0 heterocycles. The van der Waals surface area contributed by atoms with E-state index in [0.29, 0.717) is 0 Å². The third-order valence-electron chi connectivity index (χ3n) is 4.42. The molecule has 2 rings (SSSR count). The fourth-order valence-electron chi connectivity index (χ4n) is 2.99. The molecule has 1 aromatic carbocycles. The number of nitrogens with zero attached hydrogens (tertiary/aromatic N) is 1. The lowest BCUT2D eigenvalue weighted by molar-refractivity contribution is -0.139. The lowest BCUT2D eigenvalue weighted by Gasteiger charge is -2.26. The normalized spacial score (nSPS) is 19.0. The highest BCUT2D eigenvalue weighted by atomic mass is 16.5. The van der Waals surface area contributed by atoms with Gasteiger partial charge < -0.3 is 19.5 Å². The van der Waals surface area contributed by atoms with E-state index in [2.05, 4.69) is 0 Å². The van der Waals surface area contributed by atoms with Crippen LogP contribution in [0.1, 0.15) is 38.2 Å². The third kappa shape index (κ3) is 3.99. The molecule has 2 unspecified atom stereocenters. The molecular weight excluding hydrogens is 310 g/mol. The van der Waals surface area contributed by atoms with Crippen LogP contribution in [0.3, 0.4) is 0 Å². The van der Waals surface area contributed by atoms with E-state index in [1.54, 1.807) is 19.1 Å². The number of carboxylic acids is 1. The molecule has 132 valence electrons. The van der Waals surface area contributed by atoms with Gasteiger partial charge in [-0.25, -0.2) is 0 Å². The van der Waals surface area contributed by atoms with E-state index < -0.39 is 5.97 Å². The number of hydrogen-bond donors (Lipinski definition) is 1. The third-order valence-corrected chi connectivity index (χ3v) is 4.42. The summed E-state index contributed by atoms with van der Waals surface area (Å²) in [5.41, 5.74) is 0.970. The van der Waals surface area contributed by atoms with Gasteiger partial charge in [-0.1, -0.05) is 0 Å². The standard InChI is InChI=1S/C18H25NO5/c1-11(2)19(8-7-17(20)21)18(22)15-10-13(15)14-9-12(23-3)5-6-16(14)24-4/h5-6,9,11,13,15H,7-8,10H2,1-4H3,(H,20,21). The first-order chi connectivity index (χ1) is 11.4. The lowest BCUT2D eigenvalue weighted by atomic mass is 10.1. The summed E-state index contributed by atoms with van der Waals surface area (Å²) in [4.78, 5) is 25.2. The molecule has 2 atom stereocenters. The number of carbonyl (C=O) groups excluding carboxylic acids is 1. The number of benzene rings is 1. The van der Waals surface area contributed by atoms with Gasteiger partial charge in [0.1, 0.15) is 11.5 Å². The van der Waals surface area contributed by atoms with E-state index in [4.69, 9.17) is 14.6 Å². The Morgan fingerprint density at radius 1 is 1.29 bits per heavy atom. The summed E-state index contributed by atoms with van der Waals surface area (Å²) >= 11 is 0. The molecule has 0 aliphatic heterocycles. The summed E-state index contributed by atoms with van der Waals surface area (Å²) in [5, 5.41) is 8.87. The van der Waals surface area contributed by atoms with Crippen LogP contribution in [0.2, 0.25) is 0 Å². The predicted octanol–water partition coefficient (Wildman–Crippen LogP) is 2.52. The average molecular weight is 335 g/mol. The minimum atomic E-state index is -0.893. The Morgan fingerprint density at radius 2 is 2.00 bits per heavy atom. The van der Waals surface area contributed by atoms with Gasteiger partial charge in [0.25, 0.3) is 0 Å². The highest BCUT2D eigenvalue weighted by molar-refractivity contribution is 5.84. The number of aliphatic carboxylic acids is 1. The van der Waals surface area contributed by atoms with Gasteiger partial charge in [0.15, 0.2) is 0 Å². The van der Waals surface area contributed by atoms with Crippen LogP contribution in [0, 0.1) is 5.92 Å². The molecule has 0 spiro atoms. The van der Waals surface area contributed by atoms with Gasteiger partial charge >= 0.3 is 5.97 Å². The van der Waals surface area contributed by atoms with Crippen molar-refractivity contribution in [2.24, 2.45) is 5.92 Å². The zero-order valence-electron chi connectivity index (χ0n) is 14.6. The monoisotopic (exact) mass is 335 g/mol. The molecule has 0 aromatic heterocycles. The van der Waals surface area contributed by atoms with Gasteiger partial charge in [-0.15, -0.1) is 0 Å². The van der Waals surface area contributed by atoms with Crippen LogP contribution in [0.25, 0.3) is 0 Å². The van der Waals surface area contributed by atoms with Crippen molar-refractivity contribution >= 4 is 11.9 Å². The first kappa shape index (κ1) is 18.1. The molecule has 0 bridgehead atoms. The summed E-state index contributed by atoms with van der Waals surface area (Å²) in [6.45, 7) is 4.05. The fourth-order valence-corrected chi connectivity index (χ4v) is 2.99. The molecule has 1 fully saturated rings. The molecular formula is C18H25NO5. The topological polar surface area (TPSA) is 76.1 Å². The molecule has 24 heavy (non-hydrogen) atoms. The van der Waals surface area contributed by atoms with Crippen molar-refractivity contribution < 1.29 is 24.2 Å². The maximum absolute atomic E-state index is 12.8. The second kappa shape index (κ2) is 7.55. The van der Waals surface area contributed by atoms with Crippen LogP contribution in [-0.2, 0) is 9.59 Å². The van der Waals surface area contributed by atoms with Crippen LogP contribution in [0.5, 0.6) is 11.5 Å². The Bertz CT molecular complexity index is 613. The lowest BCUT2D eigenvalue weighted by Crippen LogP contribution is -2.39. The molecule has 1 aliphatic carbocycles. The van der Waals surface area contributed by atoms with E-state index in [0.717, 1.165) is 23.5 Å². The average Bonchev–Trinajstić information content (AvgIpc) is 3.34. The SMILES string of the molecule is COc1ccc(OC)c(C2CC2C(=O)N(CCC(=O)O)C(C)C)c1. The number of ether oxygens (including phenoxy) is 2. The van der Waals surface area contributed by atoms with Crippen LogP contribution >= 0.6 is 0 Å². The maximum atomic E-state index is 12.8. The molecule has 1 saturated carbocycles. The molecule has 6 nitrogen and oxygen atoms in total. The summed E-state index contributed by atoms with van der Waals surface area (Å²) < 4.78 is 10.7. The van der Waals surface area contributed by atoms with Gasteiger partial charge in [-0.05, 0) is 38.5 Å². The van der Waals surface area contributed by atoms with Gasteiger partial charge in [0.2, 0.25) is 5.91 Å². The van der Waals surface area contributed by atoms with Gasteiger partial charge in [-0.2, -0.15) is 0 Å². The largest absolute Gasteiger partial charge is 0.497 e. The molecule has 1 aromatic rings. The summed E-state index contributed by atoms with van der Waals surface area (Å²) in [5.74, 6) is 0.570. The number of methoxy groups -OCH3 is 2. The number of carboxylic acid groups (broad SMARTS) is 1. The van der Waals surface area contributed by atoms with Crippen LogP contribution in [0.4, 0.5) is 0 Å². The molecule has 1 N–H and O–H groups in total. The number of amides is 1. The van der Waals surface area contributed by atoms with Crippen molar-refractivity contribution in [2.45, 2.75) is 38.6 Å². The second-order valence-corrected chi connectivity index (χ2v) is 6.33. The van der Waals surface area contributed by atoms with Crippen molar-refractivity contribution in [1.82, 2.24) is 4.90 Å². The van der Waals surface area contributed by atoms with Crippen molar-refractivity contribution in [1.29, 1.82) is 0 Å². The number of carbonyl (C=O) groups is 2. The van der Waals surface area contributed by atoms with Crippen LogP contribution in [-0.4, -0.2) is 48.7 Å². The van der Waals surface area contributed by atoms with Crippen LogP contribution < -0.4 is 9.47 Å². The summed E-state index contributed by atoms with van der Waals surface area (Å²) in [6.07, 6.45) is 0.711. The molecule has 0 saturated heterocycles. The van der Waals surface area contributed by atoms with Crippen molar-refractivity contribution in [3.8, 4) is 11.5 Å². The van der Waals surface area contributed by atoms with Crippen molar-refractivity contribution in [3.05, 3.63) is 23.8 Å². The second-order valence-electron chi connectivity index (χ2n) is 6.33. The quantitative estimate of drug-likeness (QED) is 0.790. The van der Waals surface area contributed by atoms with E-state index in [1.165, 1.54) is 0 Å². The summed E-state index contributed by atoms with van der Waals surface area (Å²) in [7, 11) is 3.21. The van der Waals surface area contributed by atoms with Crippen molar-refractivity contribution in [3.63, 3.8) is 0 Å². The minimum absolute atomic E-state index is 0.0149. The number of rotatable bonds is 8. The molecule has 0 radical (unpaired) electrons. The van der Waals surface area contributed by atoms with Gasteiger partial charge in [-0.3, -0.25) is 9.59 Å². The number of hydrogen-bond acceptors (Lipinski definition) is 4. The zero-order chi connectivity index (χ0) is 17.9. The molecule has 1 amide bonds. The summed E-state index contributed by atoms with van der Waals surface area (Å²) in [6, 6.07) is 5.56. The fraction of sp³-hybridized carbons (Fsp3) is 0.556. The Kier molecular flexibility index (Phi) is 5.70. The highest BCUT2D eigenvalue weighted by Crippen LogP contribution is 2.52. The minimum Gasteiger partial charge on any atom is -0.497 e. The van der Waals surface area contributed by atoms with E-state index in [9.17, 15) is 9.59 Å². The van der Waals surface area contributed by atoms with E-state index >= 15 is 0 Å².